The first-order chi connectivity index (χ1) is 13.2. The molecule has 0 aliphatic rings. The minimum Gasteiger partial charge on any atom is -0.490 e. The Labute approximate surface area is 163 Å². The van der Waals surface area contributed by atoms with Crippen molar-refractivity contribution in [2.45, 2.75) is 18.7 Å². The molecular formula is C22H23NO3S. The standard InChI is InChI=1S/C22H23NO3S/c1-3-25-20-12-10-18(14-21(20)26-4-2)23-22(24)15-27-19-11-9-16-7-5-6-8-17(16)13-19/h5-14H,3-4,15H2,1-2H3,(H,23,24). The summed E-state index contributed by atoms with van der Waals surface area (Å²) in [5.41, 5.74) is 0.700. The topological polar surface area (TPSA) is 47.6 Å². The molecule has 0 spiro atoms. The van der Waals surface area contributed by atoms with Gasteiger partial charge in [-0.15, -0.1) is 11.8 Å². The lowest BCUT2D eigenvalue weighted by molar-refractivity contribution is -0.113. The number of hydrogen-bond donors (Lipinski definition) is 1. The van der Waals surface area contributed by atoms with Crippen LogP contribution in [-0.2, 0) is 4.79 Å². The lowest BCUT2D eigenvalue weighted by Crippen LogP contribution is -2.14. The fraction of sp³-hybridized carbons (Fsp3) is 0.227. The second-order valence-electron chi connectivity index (χ2n) is 5.87. The average Bonchev–Trinajstić information content (AvgIpc) is 2.68. The molecule has 0 fully saturated rings. The van der Waals surface area contributed by atoms with Gasteiger partial charge in [-0.05, 0) is 48.9 Å². The van der Waals surface area contributed by atoms with Crippen molar-refractivity contribution >= 4 is 34.1 Å². The van der Waals surface area contributed by atoms with E-state index in [0.29, 0.717) is 36.2 Å². The molecule has 0 aliphatic heterocycles. The third-order valence-corrected chi connectivity index (χ3v) is 4.91. The van der Waals surface area contributed by atoms with E-state index in [1.807, 2.05) is 44.2 Å². The van der Waals surface area contributed by atoms with Crippen molar-refractivity contribution in [3.8, 4) is 11.5 Å². The summed E-state index contributed by atoms with van der Waals surface area (Å²) in [6, 6.07) is 19.9. The molecule has 0 bridgehead atoms. The zero-order valence-corrected chi connectivity index (χ0v) is 16.3. The number of carbonyl (C=O) groups excluding carboxylic acids is 1. The van der Waals surface area contributed by atoms with Crippen molar-refractivity contribution in [1.29, 1.82) is 0 Å². The van der Waals surface area contributed by atoms with Crippen molar-refractivity contribution in [2.24, 2.45) is 0 Å². The third kappa shape index (κ3) is 5.17. The molecule has 4 nitrogen and oxygen atoms in total. The maximum absolute atomic E-state index is 12.3. The van der Waals surface area contributed by atoms with Crippen molar-refractivity contribution in [1.82, 2.24) is 0 Å². The van der Waals surface area contributed by atoms with E-state index in [2.05, 4.69) is 29.6 Å². The zero-order valence-electron chi connectivity index (χ0n) is 15.5. The van der Waals surface area contributed by atoms with Gasteiger partial charge in [0.15, 0.2) is 11.5 Å². The molecule has 0 saturated carbocycles. The molecule has 3 aromatic carbocycles. The van der Waals surface area contributed by atoms with E-state index in [-0.39, 0.29) is 5.91 Å². The van der Waals surface area contributed by atoms with Crippen LogP contribution >= 0.6 is 11.8 Å². The van der Waals surface area contributed by atoms with E-state index in [9.17, 15) is 4.79 Å². The van der Waals surface area contributed by atoms with Crippen LogP contribution in [0.4, 0.5) is 5.69 Å². The monoisotopic (exact) mass is 381 g/mol. The SMILES string of the molecule is CCOc1ccc(NC(=O)CSc2ccc3ccccc3c2)cc1OCC. The fourth-order valence-electron chi connectivity index (χ4n) is 2.73. The van der Waals surface area contributed by atoms with E-state index >= 15 is 0 Å². The Kier molecular flexibility index (Phi) is 6.60. The zero-order chi connectivity index (χ0) is 19.1. The van der Waals surface area contributed by atoms with Crippen LogP contribution in [0.5, 0.6) is 11.5 Å². The highest BCUT2D eigenvalue weighted by Crippen LogP contribution is 2.31. The van der Waals surface area contributed by atoms with E-state index in [1.165, 1.54) is 22.5 Å². The predicted molar refractivity (Wildman–Crippen MR) is 112 cm³/mol. The summed E-state index contributed by atoms with van der Waals surface area (Å²) in [4.78, 5) is 13.4. The Morgan fingerprint density at radius 3 is 2.41 bits per heavy atom. The number of carbonyl (C=O) groups is 1. The van der Waals surface area contributed by atoms with Crippen molar-refractivity contribution in [2.75, 3.05) is 24.3 Å². The van der Waals surface area contributed by atoms with Crippen LogP contribution in [0.2, 0.25) is 0 Å². The summed E-state index contributed by atoms with van der Waals surface area (Å²) in [5, 5.41) is 5.30. The Morgan fingerprint density at radius 2 is 1.63 bits per heavy atom. The molecule has 1 N–H and O–H groups in total. The summed E-state index contributed by atoms with van der Waals surface area (Å²) in [6.45, 7) is 4.94. The van der Waals surface area contributed by atoms with Crippen molar-refractivity contribution in [3.63, 3.8) is 0 Å². The Hall–Kier alpha value is -2.66. The Balaban J connectivity index is 1.62. The van der Waals surface area contributed by atoms with Gasteiger partial charge in [0, 0.05) is 16.6 Å². The molecule has 3 rings (SSSR count). The first-order valence-electron chi connectivity index (χ1n) is 9.00. The van der Waals surface area contributed by atoms with Gasteiger partial charge in [0.05, 0.1) is 19.0 Å². The van der Waals surface area contributed by atoms with E-state index in [1.54, 1.807) is 6.07 Å². The normalized spacial score (nSPS) is 10.6. The molecule has 0 atom stereocenters. The molecule has 0 saturated heterocycles. The number of fused-ring (bicyclic) bond motifs is 1. The van der Waals surface area contributed by atoms with Gasteiger partial charge in [0.25, 0.3) is 0 Å². The molecule has 0 aromatic heterocycles. The van der Waals surface area contributed by atoms with E-state index in [4.69, 9.17) is 9.47 Å². The van der Waals surface area contributed by atoms with Crippen molar-refractivity contribution < 1.29 is 14.3 Å². The lowest BCUT2D eigenvalue weighted by Gasteiger charge is -2.13. The number of benzene rings is 3. The largest absolute Gasteiger partial charge is 0.490 e. The average molecular weight is 381 g/mol. The lowest BCUT2D eigenvalue weighted by atomic mass is 10.1. The molecular weight excluding hydrogens is 358 g/mol. The predicted octanol–water partition coefficient (Wildman–Crippen LogP) is 5.37. The van der Waals surface area contributed by atoms with Gasteiger partial charge in [-0.1, -0.05) is 30.3 Å². The number of nitrogens with one attached hydrogen (secondary N) is 1. The summed E-state index contributed by atoms with van der Waals surface area (Å²) in [6.07, 6.45) is 0. The van der Waals surface area contributed by atoms with E-state index in [0.717, 1.165) is 4.90 Å². The van der Waals surface area contributed by atoms with E-state index < -0.39 is 0 Å². The minimum absolute atomic E-state index is 0.0558. The minimum atomic E-state index is -0.0558. The molecule has 140 valence electrons. The first-order valence-corrected chi connectivity index (χ1v) is 9.99. The van der Waals surface area contributed by atoms with Gasteiger partial charge in [-0.2, -0.15) is 0 Å². The van der Waals surface area contributed by atoms with Crippen LogP contribution < -0.4 is 14.8 Å². The van der Waals surface area contributed by atoms with Crippen LogP contribution in [0.25, 0.3) is 10.8 Å². The maximum atomic E-state index is 12.3. The van der Waals surface area contributed by atoms with Crippen LogP contribution in [-0.4, -0.2) is 24.9 Å². The summed E-state index contributed by atoms with van der Waals surface area (Å²) in [5.74, 6) is 1.61. The molecule has 0 heterocycles. The molecule has 5 heteroatoms. The number of ether oxygens (including phenoxy) is 2. The molecule has 1 amide bonds. The highest BCUT2D eigenvalue weighted by molar-refractivity contribution is 8.00. The molecule has 3 aromatic rings. The highest BCUT2D eigenvalue weighted by Gasteiger charge is 2.09. The number of rotatable bonds is 8. The summed E-state index contributed by atoms with van der Waals surface area (Å²) in [7, 11) is 0. The number of anilines is 1. The highest BCUT2D eigenvalue weighted by atomic mass is 32.2. The van der Waals surface area contributed by atoms with Crippen LogP contribution in [0.1, 0.15) is 13.8 Å². The van der Waals surface area contributed by atoms with Crippen LogP contribution in [0, 0.1) is 0 Å². The molecule has 0 unspecified atom stereocenters. The van der Waals surface area contributed by atoms with Gasteiger partial charge in [-0.25, -0.2) is 0 Å². The quantitative estimate of drug-likeness (QED) is 0.533. The number of hydrogen-bond acceptors (Lipinski definition) is 4. The first kappa shape index (κ1) is 19.1. The molecule has 0 radical (unpaired) electrons. The third-order valence-electron chi connectivity index (χ3n) is 3.92. The smallest absolute Gasteiger partial charge is 0.234 e. The van der Waals surface area contributed by atoms with Crippen LogP contribution in [0.15, 0.2) is 65.6 Å². The molecule has 27 heavy (non-hydrogen) atoms. The number of thioether (sulfide) groups is 1. The second kappa shape index (κ2) is 9.33. The van der Waals surface area contributed by atoms with Crippen LogP contribution in [0.3, 0.4) is 0 Å². The number of amides is 1. The maximum Gasteiger partial charge on any atom is 0.234 e. The Bertz CT molecular complexity index is 926. The molecule has 0 aliphatic carbocycles. The van der Waals surface area contributed by atoms with Gasteiger partial charge in [0.1, 0.15) is 0 Å². The van der Waals surface area contributed by atoms with Gasteiger partial charge in [0.2, 0.25) is 5.91 Å². The summed E-state index contributed by atoms with van der Waals surface area (Å²) >= 11 is 1.52. The Morgan fingerprint density at radius 1 is 0.889 bits per heavy atom. The van der Waals surface area contributed by atoms with Gasteiger partial charge < -0.3 is 14.8 Å². The van der Waals surface area contributed by atoms with Gasteiger partial charge in [-0.3, -0.25) is 4.79 Å². The second-order valence-corrected chi connectivity index (χ2v) is 6.92. The fourth-order valence-corrected chi connectivity index (χ4v) is 3.48. The summed E-state index contributed by atoms with van der Waals surface area (Å²) < 4.78 is 11.1. The van der Waals surface area contributed by atoms with Gasteiger partial charge >= 0.3 is 0 Å². The van der Waals surface area contributed by atoms with Crippen molar-refractivity contribution in [3.05, 3.63) is 60.7 Å².